The predicted octanol–water partition coefficient (Wildman–Crippen LogP) is 2.13. The van der Waals surface area contributed by atoms with Crippen molar-refractivity contribution in [3.05, 3.63) is 34.2 Å². The average molecular weight is 193 g/mol. The summed E-state index contributed by atoms with van der Waals surface area (Å²) in [4.78, 5) is 11.6. The molecule has 2 rings (SSSR count). The van der Waals surface area contributed by atoms with Crippen molar-refractivity contribution in [2.45, 2.75) is 38.0 Å². The van der Waals surface area contributed by atoms with Crippen LogP contribution in [0.15, 0.2) is 23.1 Å². The Morgan fingerprint density at radius 2 is 2.00 bits per heavy atom. The van der Waals surface area contributed by atoms with Crippen LogP contribution in [0, 0.1) is 0 Å². The van der Waals surface area contributed by atoms with E-state index in [1.165, 1.54) is 25.5 Å². The van der Waals surface area contributed by atoms with Gasteiger partial charge in [-0.2, -0.15) is 4.73 Å². The molecule has 3 heteroatoms. The Balaban J connectivity index is 2.31. The molecular weight excluding hydrogens is 178 g/mol. The maximum atomic E-state index is 11.6. The van der Waals surface area contributed by atoms with E-state index in [0.717, 1.165) is 18.4 Å². The maximum absolute atomic E-state index is 11.6. The number of rotatable bonds is 1. The first-order chi connectivity index (χ1) is 6.79. The molecule has 0 aliphatic heterocycles. The van der Waals surface area contributed by atoms with Crippen molar-refractivity contribution in [3.63, 3.8) is 0 Å². The number of pyridine rings is 1. The molecule has 1 aromatic heterocycles. The fourth-order valence-electron chi connectivity index (χ4n) is 2.22. The van der Waals surface area contributed by atoms with E-state index >= 15 is 0 Å². The van der Waals surface area contributed by atoms with Crippen LogP contribution in [0.4, 0.5) is 0 Å². The second kappa shape index (κ2) is 3.86. The molecule has 1 N–H and O–H groups in total. The Hall–Kier alpha value is -1.25. The minimum atomic E-state index is -0.251. The van der Waals surface area contributed by atoms with E-state index in [0.29, 0.717) is 10.6 Å². The molecule has 14 heavy (non-hydrogen) atoms. The van der Waals surface area contributed by atoms with Gasteiger partial charge in [-0.1, -0.05) is 25.3 Å². The number of aromatic nitrogens is 1. The van der Waals surface area contributed by atoms with Crippen molar-refractivity contribution in [1.82, 2.24) is 4.73 Å². The standard InChI is InChI=1S/C11H15NO2/c13-11-10(7-4-8-12(11)14)9-5-2-1-3-6-9/h4,7-9,14H,1-3,5-6H2. The molecule has 76 valence electrons. The summed E-state index contributed by atoms with van der Waals surface area (Å²) in [5, 5.41) is 9.23. The summed E-state index contributed by atoms with van der Waals surface area (Å²) >= 11 is 0. The van der Waals surface area contributed by atoms with E-state index in [4.69, 9.17) is 0 Å². The monoisotopic (exact) mass is 193 g/mol. The molecule has 0 amide bonds. The topological polar surface area (TPSA) is 42.2 Å². The smallest absolute Gasteiger partial charge is 0.286 e. The van der Waals surface area contributed by atoms with Crippen molar-refractivity contribution in [2.75, 3.05) is 0 Å². The van der Waals surface area contributed by atoms with Crippen molar-refractivity contribution < 1.29 is 5.21 Å². The highest BCUT2D eigenvalue weighted by Gasteiger charge is 2.18. The minimum Gasteiger partial charge on any atom is -0.425 e. The van der Waals surface area contributed by atoms with Gasteiger partial charge in [-0.3, -0.25) is 4.79 Å². The van der Waals surface area contributed by atoms with Gasteiger partial charge < -0.3 is 5.21 Å². The molecule has 1 fully saturated rings. The maximum Gasteiger partial charge on any atom is 0.286 e. The van der Waals surface area contributed by atoms with Gasteiger partial charge in [0.15, 0.2) is 0 Å². The van der Waals surface area contributed by atoms with E-state index in [9.17, 15) is 10.0 Å². The molecule has 0 radical (unpaired) electrons. The van der Waals surface area contributed by atoms with Gasteiger partial charge in [0.1, 0.15) is 0 Å². The molecule has 0 spiro atoms. The van der Waals surface area contributed by atoms with Gasteiger partial charge in [0, 0.05) is 11.8 Å². The van der Waals surface area contributed by atoms with E-state index in [1.54, 1.807) is 6.07 Å². The molecule has 1 aliphatic rings. The summed E-state index contributed by atoms with van der Waals surface area (Å²) in [5.74, 6) is 0.357. The molecule has 0 bridgehead atoms. The predicted molar refractivity (Wildman–Crippen MR) is 53.7 cm³/mol. The quantitative estimate of drug-likeness (QED) is 0.694. The average Bonchev–Trinajstić information content (AvgIpc) is 2.23. The SMILES string of the molecule is O=c1c(C2CCCCC2)cccn1O. The van der Waals surface area contributed by atoms with Gasteiger partial charge in [-0.25, -0.2) is 0 Å². The highest BCUT2D eigenvalue weighted by Crippen LogP contribution is 2.30. The van der Waals surface area contributed by atoms with Gasteiger partial charge >= 0.3 is 0 Å². The van der Waals surface area contributed by atoms with Crippen LogP contribution in [-0.4, -0.2) is 9.94 Å². The third-order valence-corrected chi connectivity index (χ3v) is 3.00. The minimum absolute atomic E-state index is 0.251. The highest BCUT2D eigenvalue weighted by molar-refractivity contribution is 5.15. The van der Waals surface area contributed by atoms with E-state index < -0.39 is 0 Å². The fourth-order valence-corrected chi connectivity index (χ4v) is 2.22. The molecule has 1 heterocycles. The normalized spacial score (nSPS) is 18.3. The Labute approximate surface area is 83.0 Å². The zero-order valence-electron chi connectivity index (χ0n) is 8.15. The van der Waals surface area contributed by atoms with Gasteiger partial charge in [0.2, 0.25) is 0 Å². The van der Waals surface area contributed by atoms with Crippen LogP contribution < -0.4 is 5.56 Å². The van der Waals surface area contributed by atoms with Crippen LogP contribution in [-0.2, 0) is 0 Å². The Morgan fingerprint density at radius 1 is 1.29 bits per heavy atom. The molecule has 0 atom stereocenters. The zero-order chi connectivity index (χ0) is 9.97. The third kappa shape index (κ3) is 1.67. The van der Waals surface area contributed by atoms with Crippen LogP contribution in [0.25, 0.3) is 0 Å². The first-order valence-electron chi connectivity index (χ1n) is 5.20. The molecule has 0 unspecified atom stereocenters. The lowest BCUT2D eigenvalue weighted by atomic mass is 9.85. The van der Waals surface area contributed by atoms with Crippen LogP contribution in [0.2, 0.25) is 0 Å². The lowest BCUT2D eigenvalue weighted by molar-refractivity contribution is 0.172. The van der Waals surface area contributed by atoms with Crippen LogP contribution in [0.3, 0.4) is 0 Å². The van der Waals surface area contributed by atoms with Gasteiger partial charge in [0.05, 0.1) is 0 Å². The molecule has 3 nitrogen and oxygen atoms in total. The zero-order valence-corrected chi connectivity index (χ0v) is 8.15. The largest absolute Gasteiger partial charge is 0.425 e. The van der Waals surface area contributed by atoms with Crippen molar-refractivity contribution in [1.29, 1.82) is 0 Å². The lowest BCUT2D eigenvalue weighted by Crippen LogP contribution is -2.23. The molecule has 0 saturated heterocycles. The second-order valence-corrected chi connectivity index (χ2v) is 3.95. The summed E-state index contributed by atoms with van der Waals surface area (Å²) in [6.07, 6.45) is 7.22. The second-order valence-electron chi connectivity index (χ2n) is 3.95. The summed E-state index contributed by atoms with van der Waals surface area (Å²) < 4.78 is 0.684. The van der Waals surface area contributed by atoms with E-state index in [1.807, 2.05) is 6.07 Å². The van der Waals surface area contributed by atoms with Gasteiger partial charge in [-0.15, -0.1) is 0 Å². The van der Waals surface area contributed by atoms with Crippen molar-refractivity contribution >= 4 is 0 Å². The molecular formula is C11H15NO2. The van der Waals surface area contributed by atoms with Crippen LogP contribution >= 0.6 is 0 Å². The fraction of sp³-hybridized carbons (Fsp3) is 0.545. The van der Waals surface area contributed by atoms with Gasteiger partial charge in [0.25, 0.3) is 5.56 Å². The Morgan fingerprint density at radius 3 is 2.71 bits per heavy atom. The molecule has 1 saturated carbocycles. The molecule has 0 aromatic carbocycles. The van der Waals surface area contributed by atoms with Gasteiger partial charge in [-0.05, 0) is 24.8 Å². The van der Waals surface area contributed by atoms with Crippen LogP contribution in [0.1, 0.15) is 43.6 Å². The number of hydrogen-bond donors (Lipinski definition) is 1. The Kier molecular flexibility index (Phi) is 2.57. The van der Waals surface area contributed by atoms with Crippen molar-refractivity contribution in [2.24, 2.45) is 0 Å². The van der Waals surface area contributed by atoms with Crippen LogP contribution in [0.5, 0.6) is 0 Å². The van der Waals surface area contributed by atoms with E-state index in [2.05, 4.69) is 0 Å². The first-order valence-corrected chi connectivity index (χ1v) is 5.20. The van der Waals surface area contributed by atoms with E-state index in [-0.39, 0.29) is 5.56 Å². The number of nitrogens with zero attached hydrogens (tertiary/aromatic N) is 1. The molecule has 1 aliphatic carbocycles. The Bertz CT molecular complexity index is 364. The highest BCUT2D eigenvalue weighted by atomic mass is 16.5. The lowest BCUT2D eigenvalue weighted by Gasteiger charge is -2.21. The summed E-state index contributed by atoms with van der Waals surface area (Å²) in [5.41, 5.74) is 0.522. The summed E-state index contributed by atoms with van der Waals surface area (Å²) in [6, 6.07) is 3.57. The molecule has 1 aromatic rings. The van der Waals surface area contributed by atoms with Crippen molar-refractivity contribution in [3.8, 4) is 0 Å². The number of hydrogen-bond acceptors (Lipinski definition) is 2. The third-order valence-electron chi connectivity index (χ3n) is 3.00. The summed E-state index contributed by atoms with van der Waals surface area (Å²) in [7, 11) is 0. The summed E-state index contributed by atoms with van der Waals surface area (Å²) in [6.45, 7) is 0. The first kappa shape index (κ1) is 9.31.